The second kappa shape index (κ2) is 10.1. The van der Waals surface area contributed by atoms with E-state index >= 15 is 0 Å². The molecule has 158 valence electrons. The fraction of sp³-hybridized carbons (Fsp3) is 0.727. The molecule has 0 radical (unpaired) electrons. The highest BCUT2D eigenvalue weighted by molar-refractivity contribution is 8.16. The molecule has 28 heavy (non-hydrogen) atoms. The second-order valence-electron chi connectivity index (χ2n) is 9.05. The van der Waals surface area contributed by atoms with Gasteiger partial charge in [0.1, 0.15) is 6.34 Å². The lowest BCUT2D eigenvalue weighted by Crippen LogP contribution is -2.54. The molecule has 0 aromatic heterocycles. The molecule has 1 aromatic carbocycles. The summed E-state index contributed by atoms with van der Waals surface area (Å²) in [5.74, 6) is 0. The van der Waals surface area contributed by atoms with Crippen molar-refractivity contribution in [2.45, 2.75) is 75.5 Å². The average Bonchev–Trinajstić information content (AvgIpc) is 2.69. The lowest BCUT2D eigenvalue weighted by atomic mass is 9.90. The minimum Gasteiger partial charge on any atom is -0.305 e. The van der Waals surface area contributed by atoms with E-state index < -0.39 is 6.34 Å². The number of benzene rings is 1. The molecule has 0 bridgehead atoms. The van der Waals surface area contributed by atoms with Crippen LogP contribution in [0.1, 0.15) is 51.4 Å². The zero-order valence-electron chi connectivity index (χ0n) is 18.1. The zero-order valence-corrected chi connectivity index (χ0v) is 19.8. The summed E-state index contributed by atoms with van der Waals surface area (Å²) in [5, 5.41) is 9.36. The van der Waals surface area contributed by atoms with Crippen LogP contribution >= 0.6 is 6.34 Å². The van der Waals surface area contributed by atoms with Gasteiger partial charge in [-0.2, -0.15) is 0 Å². The average molecular weight is 423 g/mol. The highest BCUT2D eigenvalue weighted by Crippen LogP contribution is 2.41. The summed E-state index contributed by atoms with van der Waals surface area (Å²) >= 11 is 6.46. The van der Waals surface area contributed by atoms with Crippen LogP contribution in [0.15, 0.2) is 30.3 Å². The van der Waals surface area contributed by atoms with Crippen molar-refractivity contribution in [3.63, 3.8) is 0 Å². The van der Waals surface area contributed by atoms with Gasteiger partial charge in [-0.15, -0.1) is 0 Å². The number of hydrogen-bond acceptors (Lipinski definition) is 3. The van der Waals surface area contributed by atoms with E-state index in [2.05, 4.69) is 78.5 Å². The summed E-state index contributed by atoms with van der Waals surface area (Å²) in [6.07, 6.45) is 8.14. The van der Waals surface area contributed by atoms with Gasteiger partial charge in [-0.05, 0) is 53.9 Å². The van der Waals surface area contributed by atoms with Gasteiger partial charge in [0.15, 0.2) is 0 Å². The van der Waals surface area contributed by atoms with E-state index in [9.17, 15) is 0 Å². The Kier molecular flexibility index (Phi) is 8.12. The molecule has 3 rings (SSSR count). The SMILES string of the molecule is CN(C)[C@@H]1CCCC[C@H]1NP(=S)(N[C@@H]1CCCC[C@H]1N(C)C)c1ccccc1. The van der Waals surface area contributed by atoms with Crippen LogP contribution in [0.3, 0.4) is 0 Å². The van der Waals surface area contributed by atoms with Crippen molar-refractivity contribution in [1.82, 2.24) is 20.0 Å². The van der Waals surface area contributed by atoms with Crippen LogP contribution in [0, 0.1) is 0 Å². The van der Waals surface area contributed by atoms with Crippen LogP contribution in [0.4, 0.5) is 0 Å². The molecular weight excluding hydrogens is 383 g/mol. The number of rotatable bonds is 7. The maximum absolute atomic E-state index is 6.46. The maximum Gasteiger partial charge on any atom is 0.102 e. The predicted molar refractivity (Wildman–Crippen MR) is 126 cm³/mol. The Labute approximate surface area is 177 Å². The normalized spacial score (nSPS) is 29.4. The fourth-order valence-corrected chi connectivity index (χ4v) is 8.73. The van der Waals surface area contributed by atoms with E-state index in [0.29, 0.717) is 24.2 Å². The van der Waals surface area contributed by atoms with Crippen molar-refractivity contribution in [2.75, 3.05) is 28.2 Å². The van der Waals surface area contributed by atoms with Crippen molar-refractivity contribution >= 4 is 23.5 Å². The van der Waals surface area contributed by atoms with Crippen LogP contribution in [0.5, 0.6) is 0 Å². The van der Waals surface area contributed by atoms with Gasteiger partial charge in [0.25, 0.3) is 0 Å². The largest absolute Gasteiger partial charge is 0.305 e. The van der Waals surface area contributed by atoms with Crippen LogP contribution in [0.25, 0.3) is 0 Å². The topological polar surface area (TPSA) is 30.5 Å². The van der Waals surface area contributed by atoms with Crippen molar-refractivity contribution < 1.29 is 0 Å². The molecule has 0 saturated heterocycles. The van der Waals surface area contributed by atoms with Gasteiger partial charge >= 0.3 is 0 Å². The van der Waals surface area contributed by atoms with Crippen LogP contribution in [0.2, 0.25) is 0 Å². The summed E-state index contributed by atoms with van der Waals surface area (Å²) in [6.45, 7) is 0. The van der Waals surface area contributed by atoms with Gasteiger partial charge in [0.05, 0.1) is 0 Å². The quantitative estimate of drug-likeness (QED) is 0.657. The highest BCUT2D eigenvalue weighted by atomic mass is 32.4. The van der Waals surface area contributed by atoms with Crippen molar-refractivity contribution in [1.29, 1.82) is 0 Å². The molecule has 2 aliphatic rings. The van der Waals surface area contributed by atoms with E-state index in [-0.39, 0.29) is 0 Å². The Morgan fingerprint density at radius 2 is 1.18 bits per heavy atom. The molecule has 0 aliphatic heterocycles. The number of likely N-dealkylation sites (N-methyl/N-ethyl adjacent to an activating group) is 2. The molecule has 0 heterocycles. The molecule has 4 nitrogen and oxygen atoms in total. The minimum absolute atomic E-state index is 0.462. The molecule has 0 amide bonds. The van der Waals surface area contributed by atoms with Crippen molar-refractivity contribution in [3.8, 4) is 0 Å². The lowest BCUT2D eigenvalue weighted by molar-refractivity contribution is 0.186. The van der Waals surface area contributed by atoms with Crippen molar-refractivity contribution in [3.05, 3.63) is 30.3 Å². The second-order valence-corrected chi connectivity index (χ2v) is 12.9. The van der Waals surface area contributed by atoms with E-state index in [4.69, 9.17) is 11.8 Å². The molecule has 2 aliphatic carbocycles. The van der Waals surface area contributed by atoms with Crippen LogP contribution in [-0.4, -0.2) is 62.2 Å². The first-order valence-electron chi connectivity index (χ1n) is 10.9. The molecular formula is C22H39N4PS. The third-order valence-corrected chi connectivity index (χ3v) is 10.3. The minimum atomic E-state index is -2.08. The Bertz CT molecular complexity index is 617. The Hall–Kier alpha value is -0.290. The summed E-state index contributed by atoms with van der Waals surface area (Å²) < 4.78 is 0. The summed E-state index contributed by atoms with van der Waals surface area (Å²) in [7, 11) is 8.86. The van der Waals surface area contributed by atoms with E-state index in [1.54, 1.807) is 0 Å². The van der Waals surface area contributed by atoms with Gasteiger partial charge in [-0.25, -0.2) is 0 Å². The molecule has 0 spiro atoms. The van der Waals surface area contributed by atoms with Gasteiger partial charge in [-0.1, -0.05) is 67.8 Å². The first-order chi connectivity index (χ1) is 13.4. The van der Waals surface area contributed by atoms with Crippen LogP contribution < -0.4 is 15.5 Å². The fourth-order valence-electron chi connectivity index (χ4n) is 5.05. The predicted octanol–water partition coefficient (Wildman–Crippen LogP) is 3.55. The first-order valence-corrected chi connectivity index (χ1v) is 13.7. The van der Waals surface area contributed by atoms with Crippen LogP contribution in [-0.2, 0) is 11.8 Å². The molecule has 0 unspecified atom stereocenters. The van der Waals surface area contributed by atoms with Gasteiger partial charge < -0.3 is 9.80 Å². The number of hydrogen-bond donors (Lipinski definition) is 2. The molecule has 4 atom stereocenters. The molecule has 2 saturated carbocycles. The highest BCUT2D eigenvalue weighted by Gasteiger charge is 2.35. The van der Waals surface area contributed by atoms with E-state index in [0.717, 1.165) is 0 Å². The molecule has 6 heteroatoms. The maximum atomic E-state index is 6.46. The number of nitrogens with one attached hydrogen (secondary N) is 2. The lowest BCUT2D eigenvalue weighted by Gasteiger charge is -2.44. The Balaban J connectivity index is 1.86. The smallest absolute Gasteiger partial charge is 0.102 e. The standard InChI is InChI=1S/C22H39N4PS/c1-25(2)21-16-10-8-14-19(21)23-27(28,18-12-6-5-7-13-18)24-20-15-9-11-17-22(20)26(3)4/h5-7,12-13,19-22H,8-11,14-17H2,1-4H3,(H2,23,24,28)/t19-,20-,21-,22-/m1/s1. The van der Waals surface area contributed by atoms with Gasteiger partial charge in [-0.3, -0.25) is 10.2 Å². The summed E-state index contributed by atoms with van der Waals surface area (Å²) in [4.78, 5) is 4.79. The zero-order chi connectivity index (χ0) is 20.1. The first kappa shape index (κ1) is 22.4. The van der Waals surface area contributed by atoms with Gasteiger partial charge in [0, 0.05) is 29.5 Å². The Morgan fingerprint density at radius 1 is 0.750 bits per heavy atom. The molecule has 1 aromatic rings. The van der Waals surface area contributed by atoms with Crippen molar-refractivity contribution in [2.24, 2.45) is 0 Å². The van der Waals surface area contributed by atoms with E-state index in [1.165, 1.54) is 56.7 Å². The third-order valence-electron chi connectivity index (χ3n) is 6.60. The monoisotopic (exact) mass is 422 g/mol. The van der Waals surface area contributed by atoms with Gasteiger partial charge in [0.2, 0.25) is 0 Å². The molecule has 2 N–H and O–H groups in total. The summed E-state index contributed by atoms with van der Waals surface area (Å²) in [5.41, 5.74) is 0. The number of nitrogens with zero attached hydrogens (tertiary/aromatic N) is 2. The third kappa shape index (κ3) is 5.44. The Morgan fingerprint density at radius 3 is 1.61 bits per heavy atom. The van der Waals surface area contributed by atoms with E-state index in [1.807, 2.05) is 0 Å². The molecule has 2 fully saturated rings. The summed E-state index contributed by atoms with van der Waals surface area (Å²) in [6, 6.07) is 12.9.